The SMILES string of the molecule is CCCCCCCCCOCC(COC(=O)CCCCCCCC)COC(=O)CCCN(CCCC(=O)OCC(COC(=O)CCC)COC(=O)CCCCCCC)C(=O)OC(C)(C)C. The Morgan fingerprint density at radius 1 is 0.385 bits per heavy atom. The minimum absolute atomic E-state index is 0.00677. The van der Waals surface area contributed by atoms with Crippen LogP contribution in [0.2, 0.25) is 0 Å². The summed E-state index contributed by atoms with van der Waals surface area (Å²) in [6, 6.07) is 0. The number of nitrogens with zero attached hydrogens (tertiary/aromatic N) is 1. The van der Waals surface area contributed by atoms with Gasteiger partial charge in [-0.2, -0.15) is 0 Å². The summed E-state index contributed by atoms with van der Waals surface area (Å²) in [5.41, 5.74) is -0.759. The Morgan fingerprint density at radius 3 is 1.08 bits per heavy atom. The third-order valence-corrected chi connectivity index (χ3v) is 10.6. The first-order chi connectivity index (χ1) is 31.2. The summed E-state index contributed by atoms with van der Waals surface area (Å²) >= 11 is 0. The highest BCUT2D eigenvalue weighted by Crippen LogP contribution is 2.15. The van der Waals surface area contributed by atoms with Gasteiger partial charge < -0.3 is 38.1 Å². The van der Waals surface area contributed by atoms with E-state index in [9.17, 15) is 28.8 Å². The number of esters is 5. The standard InChI is InChI=1S/C51H93NO13/c1-8-12-15-18-20-23-26-36-59-37-43(38-61-46(54)31-25-22-19-16-13-9-2)39-62-48(56)32-27-34-52(50(58)65-51(5,6)7)35-28-33-49(57)64-42-44(40-60-45(53)29-11-4)41-63-47(55)30-24-21-17-14-10-3/h43-44H,8-42H2,1-7H3. The number of amides is 1. The molecular weight excluding hydrogens is 835 g/mol. The van der Waals surface area contributed by atoms with Crippen LogP contribution in [0.4, 0.5) is 4.79 Å². The predicted molar refractivity (Wildman–Crippen MR) is 253 cm³/mol. The fourth-order valence-corrected chi connectivity index (χ4v) is 6.69. The summed E-state index contributed by atoms with van der Waals surface area (Å²) in [4.78, 5) is 77.3. The maximum absolute atomic E-state index is 13.2. The van der Waals surface area contributed by atoms with Crippen LogP contribution in [0.5, 0.6) is 0 Å². The van der Waals surface area contributed by atoms with Crippen LogP contribution in [-0.2, 0) is 57.1 Å². The van der Waals surface area contributed by atoms with E-state index in [1.54, 1.807) is 20.8 Å². The zero-order chi connectivity index (χ0) is 48.4. The largest absolute Gasteiger partial charge is 0.465 e. The van der Waals surface area contributed by atoms with E-state index in [-0.39, 0.29) is 95.6 Å². The Kier molecular flexibility index (Phi) is 39.8. The van der Waals surface area contributed by atoms with Gasteiger partial charge in [0.15, 0.2) is 0 Å². The quantitative estimate of drug-likeness (QED) is 0.0322. The molecule has 0 saturated carbocycles. The van der Waals surface area contributed by atoms with Crippen molar-refractivity contribution in [1.82, 2.24) is 4.90 Å². The van der Waals surface area contributed by atoms with Crippen molar-refractivity contribution in [3.8, 4) is 0 Å². The van der Waals surface area contributed by atoms with Crippen molar-refractivity contribution in [3.63, 3.8) is 0 Å². The van der Waals surface area contributed by atoms with Crippen LogP contribution in [0.3, 0.4) is 0 Å². The van der Waals surface area contributed by atoms with E-state index in [4.69, 9.17) is 33.2 Å². The van der Waals surface area contributed by atoms with E-state index in [1.807, 2.05) is 6.92 Å². The molecule has 0 bridgehead atoms. The van der Waals surface area contributed by atoms with E-state index >= 15 is 0 Å². The van der Waals surface area contributed by atoms with Gasteiger partial charge in [0.25, 0.3) is 0 Å². The number of ether oxygens (including phenoxy) is 7. The van der Waals surface area contributed by atoms with E-state index in [1.165, 1.54) is 56.3 Å². The minimum Gasteiger partial charge on any atom is -0.465 e. The molecule has 0 aromatic rings. The smallest absolute Gasteiger partial charge is 0.410 e. The van der Waals surface area contributed by atoms with Crippen molar-refractivity contribution < 1.29 is 61.9 Å². The molecule has 1 amide bonds. The first-order valence-corrected chi connectivity index (χ1v) is 25.6. The van der Waals surface area contributed by atoms with Gasteiger partial charge in [-0.3, -0.25) is 24.0 Å². The van der Waals surface area contributed by atoms with Crippen molar-refractivity contribution in [3.05, 3.63) is 0 Å². The van der Waals surface area contributed by atoms with Crippen molar-refractivity contribution in [1.29, 1.82) is 0 Å². The summed E-state index contributed by atoms with van der Waals surface area (Å²) in [7, 11) is 0. The lowest BCUT2D eigenvalue weighted by Gasteiger charge is -2.27. The van der Waals surface area contributed by atoms with Crippen LogP contribution in [0.25, 0.3) is 0 Å². The molecular formula is C51H93NO13. The molecule has 14 heteroatoms. The molecule has 0 aromatic heterocycles. The molecule has 0 heterocycles. The van der Waals surface area contributed by atoms with E-state index in [0.717, 1.165) is 64.2 Å². The molecule has 2 atom stereocenters. The zero-order valence-electron chi connectivity index (χ0n) is 42.2. The number of rotatable bonds is 43. The lowest BCUT2D eigenvalue weighted by atomic mass is 10.1. The minimum atomic E-state index is -0.759. The molecule has 0 saturated heterocycles. The zero-order valence-corrected chi connectivity index (χ0v) is 42.2. The van der Waals surface area contributed by atoms with Crippen LogP contribution >= 0.6 is 0 Å². The Balaban J connectivity index is 5.15. The molecule has 0 aliphatic carbocycles. The number of carbonyl (C=O) groups is 6. The van der Waals surface area contributed by atoms with Gasteiger partial charge >= 0.3 is 35.9 Å². The number of hydrogen-bond donors (Lipinski definition) is 0. The molecule has 65 heavy (non-hydrogen) atoms. The van der Waals surface area contributed by atoms with Gasteiger partial charge in [0.2, 0.25) is 0 Å². The van der Waals surface area contributed by atoms with Gasteiger partial charge in [0, 0.05) is 51.8 Å². The highest BCUT2D eigenvalue weighted by atomic mass is 16.6. The van der Waals surface area contributed by atoms with Crippen LogP contribution < -0.4 is 0 Å². The molecule has 0 rings (SSSR count). The maximum atomic E-state index is 13.2. The van der Waals surface area contributed by atoms with Crippen molar-refractivity contribution in [2.75, 3.05) is 59.3 Å². The van der Waals surface area contributed by atoms with Crippen molar-refractivity contribution >= 4 is 35.9 Å². The molecule has 0 aliphatic heterocycles. The average molecular weight is 928 g/mol. The van der Waals surface area contributed by atoms with Gasteiger partial charge in [-0.1, -0.05) is 124 Å². The number of carbonyl (C=O) groups excluding carboxylic acids is 6. The third kappa shape index (κ3) is 40.6. The average Bonchev–Trinajstić information content (AvgIpc) is 3.26. The molecule has 0 radical (unpaired) electrons. The summed E-state index contributed by atoms with van der Waals surface area (Å²) < 4.78 is 39.1. The number of hydrogen-bond acceptors (Lipinski definition) is 13. The van der Waals surface area contributed by atoms with Gasteiger partial charge in [0.05, 0.1) is 31.7 Å². The van der Waals surface area contributed by atoms with Crippen LogP contribution in [0, 0.1) is 11.8 Å². The van der Waals surface area contributed by atoms with E-state index in [0.29, 0.717) is 38.9 Å². The molecule has 0 spiro atoms. The third-order valence-electron chi connectivity index (χ3n) is 10.6. The summed E-state index contributed by atoms with van der Waals surface area (Å²) in [6.45, 7) is 14.9. The molecule has 2 unspecified atom stereocenters. The van der Waals surface area contributed by atoms with E-state index in [2.05, 4.69) is 20.8 Å². The number of unbranched alkanes of at least 4 members (excludes halogenated alkanes) is 15. The Morgan fingerprint density at radius 2 is 0.708 bits per heavy atom. The first kappa shape index (κ1) is 61.6. The molecule has 0 aliphatic rings. The summed E-state index contributed by atoms with van der Waals surface area (Å²) in [5, 5.41) is 0. The van der Waals surface area contributed by atoms with Gasteiger partial charge in [-0.05, 0) is 59.3 Å². The topological polar surface area (TPSA) is 170 Å². The molecule has 380 valence electrons. The highest BCUT2D eigenvalue weighted by molar-refractivity contribution is 5.72. The van der Waals surface area contributed by atoms with Gasteiger partial charge in [0.1, 0.15) is 25.4 Å². The Labute approximate surface area is 394 Å². The molecule has 0 N–H and O–H groups in total. The second-order valence-corrected chi connectivity index (χ2v) is 18.4. The molecule has 0 fully saturated rings. The summed E-state index contributed by atoms with van der Waals surface area (Å²) in [6.07, 6.45) is 21.2. The van der Waals surface area contributed by atoms with Gasteiger partial charge in [-0.15, -0.1) is 0 Å². The highest BCUT2D eigenvalue weighted by Gasteiger charge is 2.24. The van der Waals surface area contributed by atoms with Crippen molar-refractivity contribution in [2.24, 2.45) is 11.8 Å². The van der Waals surface area contributed by atoms with Crippen LogP contribution in [0.15, 0.2) is 0 Å². The fourth-order valence-electron chi connectivity index (χ4n) is 6.69. The van der Waals surface area contributed by atoms with Crippen LogP contribution in [0.1, 0.15) is 215 Å². The second-order valence-electron chi connectivity index (χ2n) is 18.4. The van der Waals surface area contributed by atoms with Gasteiger partial charge in [-0.25, -0.2) is 4.79 Å². The normalized spacial score (nSPS) is 12.2. The lowest BCUT2D eigenvalue weighted by molar-refractivity contribution is -0.154. The molecule has 14 nitrogen and oxygen atoms in total. The van der Waals surface area contributed by atoms with E-state index < -0.39 is 29.6 Å². The Bertz CT molecular complexity index is 1240. The second kappa shape index (κ2) is 42.0. The van der Waals surface area contributed by atoms with Crippen LogP contribution in [-0.4, -0.2) is 106 Å². The lowest BCUT2D eigenvalue weighted by Crippen LogP contribution is -2.38. The maximum Gasteiger partial charge on any atom is 0.410 e. The molecule has 0 aromatic carbocycles. The first-order valence-electron chi connectivity index (χ1n) is 25.6. The Hall–Kier alpha value is -3.42. The van der Waals surface area contributed by atoms with Crippen molar-refractivity contribution in [2.45, 2.75) is 221 Å². The predicted octanol–water partition coefficient (Wildman–Crippen LogP) is 11.4. The fraction of sp³-hybridized carbons (Fsp3) is 0.882. The summed E-state index contributed by atoms with van der Waals surface area (Å²) in [5.74, 6) is -2.75. The monoisotopic (exact) mass is 928 g/mol.